The van der Waals surface area contributed by atoms with E-state index < -0.39 is 0 Å². The highest BCUT2D eigenvalue weighted by Gasteiger charge is 2.50. The Morgan fingerprint density at radius 2 is 1.81 bits per heavy atom. The van der Waals surface area contributed by atoms with Gasteiger partial charge in [-0.1, -0.05) is 74.5 Å². The summed E-state index contributed by atoms with van der Waals surface area (Å²) < 4.78 is 2.15. The predicted molar refractivity (Wildman–Crippen MR) is 121 cm³/mol. The summed E-state index contributed by atoms with van der Waals surface area (Å²) in [4.78, 5) is 0. The van der Waals surface area contributed by atoms with E-state index in [1.54, 1.807) is 0 Å². The van der Waals surface area contributed by atoms with Gasteiger partial charge in [0.15, 0.2) is 0 Å². The molecule has 0 bridgehead atoms. The Kier molecular flexibility index (Phi) is 4.70. The van der Waals surface area contributed by atoms with Crippen LogP contribution in [0.1, 0.15) is 43.5 Å². The van der Waals surface area contributed by atoms with Gasteiger partial charge in [-0.25, -0.2) is 0 Å². The Morgan fingerprint density at radius 1 is 1.13 bits per heavy atom. The van der Waals surface area contributed by atoms with Crippen molar-refractivity contribution in [2.45, 2.75) is 45.1 Å². The van der Waals surface area contributed by atoms with Gasteiger partial charge in [-0.05, 0) is 30.7 Å². The molecule has 4 nitrogen and oxygen atoms in total. The number of hydrogen-bond donors (Lipinski definition) is 1. The van der Waals surface area contributed by atoms with Gasteiger partial charge in [-0.15, -0.1) is 0 Å². The Morgan fingerprint density at radius 3 is 2.48 bits per heavy atom. The first kappa shape index (κ1) is 19.6. The monoisotopic (exact) mass is 409 g/mol. The second-order valence-corrected chi connectivity index (χ2v) is 9.19. The van der Waals surface area contributed by atoms with Gasteiger partial charge in [0.2, 0.25) is 0 Å². The second-order valence-electron chi connectivity index (χ2n) is 9.19. The van der Waals surface area contributed by atoms with E-state index >= 15 is 0 Å². The molecular formula is C27H27N3O. The van der Waals surface area contributed by atoms with Crippen LogP contribution in [0.3, 0.4) is 0 Å². The number of nitrogens with zero attached hydrogens (tertiary/aromatic N) is 3. The molecule has 2 aliphatic rings. The van der Waals surface area contributed by atoms with Crippen molar-refractivity contribution in [3.8, 4) is 17.3 Å². The molecule has 1 aromatic heterocycles. The summed E-state index contributed by atoms with van der Waals surface area (Å²) in [6, 6.07) is 23.2. The van der Waals surface area contributed by atoms with Crippen molar-refractivity contribution in [2.75, 3.05) is 0 Å². The summed E-state index contributed by atoms with van der Waals surface area (Å²) in [6.45, 7) is 5.00. The third-order valence-electron chi connectivity index (χ3n) is 7.36. The van der Waals surface area contributed by atoms with Gasteiger partial charge >= 0.3 is 0 Å². The standard InChI is InChI=1S/C27H27N3O/c1-18-23-14-13-22-24(20-11-7-4-8-12-20)30(17-19-9-5-3-6-10-19)29-26(22)27(23,2)15-21(16-28)25(18)31/h3-12,18,23,31H,13-15,17H2,1-2H3/t18-,23-,27-/m1/s1. The summed E-state index contributed by atoms with van der Waals surface area (Å²) in [7, 11) is 0. The van der Waals surface area contributed by atoms with Gasteiger partial charge in [0.25, 0.3) is 0 Å². The largest absolute Gasteiger partial charge is 0.511 e. The van der Waals surface area contributed by atoms with E-state index in [1.807, 2.05) is 12.1 Å². The lowest BCUT2D eigenvalue weighted by Gasteiger charge is -2.46. The lowest BCUT2D eigenvalue weighted by molar-refractivity contribution is 0.136. The SMILES string of the molecule is C[C@H]1C(O)=C(C#N)C[C@@]2(C)c3nn(Cc4ccccc4)c(-c4ccccc4)c3CC[C@H]12. The molecule has 0 amide bonds. The van der Waals surface area contributed by atoms with Crippen LogP contribution in [0.25, 0.3) is 11.3 Å². The predicted octanol–water partition coefficient (Wildman–Crippen LogP) is 5.79. The molecule has 2 aliphatic carbocycles. The summed E-state index contributed by atoms with van der Waals surface area (Å²) in [5.41, 5.74) is 6.24. The Bertz CT molecular complexity index is 1190. The minimum Gasteiger partial charge on any atom is -0.511 e. The fourth-order valence-electron chi connectivity index (χ4n) is 5.82. The van der Waals surface area contributed by atoms with Crippen LogP contribution in [-0.2, 0) is 18.4 Å². The minimum atomic E-state index is -0.254. The number of aliphatic hydroxyl groups is 1. The molecule has 2 aromatic carbocycles. The quantitative estimate of drug-likeness (QED) is 0.595. The van der Waals surface area contributed by atoms with Gasteiger partial charge in [0.1, 0.15) is 5.76 Å². The molecule has 5 rings (SSSR count). The topological polar surface area (TPSA) is 61.8 Å². The molecule has 1 N–H and O–H groups in total. The van der Waals surface area contributed by atoms with E-state index in [9.17, 15) is 10.4 Å². The van der Waals surface area contributed by atoms with E-state index in [-0.39, 0.29) is 23.0 Å². The number of aliphatic hydroxyl groups excluding tert-OH is 1. The molecule has 3 atom stereocenters. The first-order valence-electron chi connectivity index (χ1n) is 11.0. The van der Waals surface area contributed by atoms with Gasteiger partial charge in [0, 0.05) is 22.5 Å². The van der Waals surface area contributed by atoms with Crippen molar-refractivity contribution in [1.29, 1.82) is 5.26 Å². The lowest BCUT2D eigenvalue weighted by atomic mass is 9.57. The van der Waals surface area contributed by atoms with Crippen LogP contribution in [-0.4, -0.2) is 14.9 Å². The maximum absolute atomic E-state index is 10.6. The molecule has 0 fully saturated rings. The van der Waals surface area contributed by atoms with E-state index in [2.05, 4.69) is 73.1 Å². The van der Waals surface area contributed by atoms with Crippen LogP contribution in [0.15, 0.2) is 72.0 Å². The molecule has 31 heavy (non-hydrogen) atoms. The zero-order valence-electron chi connectivity index (χ0n) is 18.0. The molecule has 3 aromatic rings. The van der Waals surface area contributed by atoms with Crippen LogP contribution >= 0.6 is 0 Å². The van der Waals surface area contributed by atoms with E-state index in [0.29, 0.717) is 18.5 Å². The number of hydrogen-bond acceptors (Lipinski definition) is 3. The Balaban J connectivity index is 1.69. The molecule has 0 spiro atoms. The summed E-state index contributed by atoms with van der Waals surface area (Å²) in [5.74, 6) is 0.530. The van der Waals surface area contributed by atoms with Crippen LogP contribution in [0.2, 0.25) is 0 Å². The molecule has 0 radical (unpaired) electrons. The third kappa shape index (κ3) is 3.08. The minimum absolute atomic E-state index is 0.0269. The molecule has 156 valence electrons. The molecule has 0 saturated heterocycles. The normalized spacial score (nSPS) is 24.9. The highest BCUT2D eigenvalue weighted by Crippen LogP contribution is 2.54. The Hall–Kier alpha value is -3.32. The highest BCUT2D eigenvalue weighted by atomic mass is 16.3. The van der Waals surface area contributed by atoms with Crippen molar-refractivity contribution in [1.82, 2.24) is 9.78 Å². The maximum Gasteiger partial charge on any atom is 0.109 e. The van der Waals surface area contributed by atoms with Crippen LogP contribution in [0.5, 0.6) is 0 Å². The number of allylic oxidation sites excluding steroid dienone is 2. The second kappa shape index (κ2) is 7.42. The van der Waals surface area contributed by atoms with Crippen LogP contribution in [0.4, 0.5) is 0 Å². The summed E-state index contributed by atoms with van der Waals surface area (Å²) in [6.07, 6.45) is 2.48. The fourth-order valence-corrected chi connectivity index (χ4v) is 5.82. The molecular weight excluding hydrogens is 382 g/mol. The van der Waals surface area contributed by atoms with Crippen molar-refractivity contribution < 1.29 is 5.11 Å². The molecule has 4 heteroatoms. The Labute approximate surface area is 183 Å². The molecule has 0 aliphatic heterocycles. The number of fused-ring (bicyclic) bond motifs is 3. The smallest absolute Gasteiger partial charge is 0.109 e. The number of nitriles is 1. The van der Waals surface area contributed by atoms with Gasteiger partial charge in [0.05, 0.1) is 29.6 Å². The van der Waals surface area contributed by atoms with Crippen LogP contribution < -0.4 is 0 Å². The van der Waals surface area contributed by atoms with Crippen molar-refractivity contribution >= 4 is 0 Å². The lowest BCUT2D eigenvalue weighted by Crippen LogP contribution is -2.44. The van der Waals surface area contributed by atoms with Crippen molar-refractivity contribution in [3.05, 3.63) is 88.8 Å². The maximum atomic E-state index is 10.6. The molecule has 1 heterocycles. The van der Waals surface area contributed by atoms with Crippen molar-refractivity contribution in [3.63, 3.8) is 0 Å². The number of rotatable bonds is 3. The number of benzene rings is 2. The molecule has 0 saturated carbocycles. The van der Waals surface area contributed by atoms with Gasteiger partial charge in [-0.2, -0.15) is 10.4 Å². The van der Waals surface area contributed by atoms with Gasteiger partial charge < -0.3 is 5.11 Å². The van der Waals surface area contributed by atoms with Gasteiger partial charge in [-0.3, -0.25) is 4.68 Å². The average Bonchev–Trinajstić information content (AvgIpc) is 3.17. The zero-order valence-corrected chi connectivity index (χ0v) is 18.0. The first-order valence-corrected chi connectivity index (χ1v) is 11.0. The first-order chi connectivity index (χ1) is 15.0. The fraction of sp³-hybridized carbons (Fsp3) is 0.333. The summed E-state index contributed by atoms with van der Waals surface area (Å²) in [5, 5.41) is 25.5. The number of aromatic nitrogens is 2. The summed E-state index contributed by atoms with van der Waals surface area (Å²) >= 11 is 0. The van der Waals surface area contributed by atoms with E-state index in [0.717, 1.165) is 18.5 Å². The van der Waals surface area contributed by atoms with E-state index in [4.69, 9.17) is 5.10 Å². The highest BCUT2D eigenvalue weighted by molar-refractivity contribution is 5.66. The van der Waals surface area contributed by atoms with Crippen LogP contribution in [0, 0.1) is 23.2 Å². The van der Waals surface area contributed by atoms with E-state index in [1.165, 1.54) is 22.4 Å². The van der Waals surface area contributed by atoms with Crippen molar-refractivity contribution in [2.24, 2.45) is 11.8 Å². The average molecular weight is 410 g/mol. The molecule has 0 unspecified atom stereocenters. The third-order valence-corrected chi connectivity index (χ3v) is 7.36. The zero-order chi connectivity index (χ0) is 21.6.